The molecule has 0 heterocycles. The van der Waals surface area contributed by atoms with Crippen LogP contribution in [0.2, 0.25) is 0 Å². The number of nitrogens with two attached hydrogens (primary N) is 1. The van der Waals surface area contributed by atoms with Gasteiger partial charge in [-0.3, -0.25) is 0 Å². The monoisotopic (exact) mass is 197 g/mol. The molecule has 3 heteroatoms. The fourth-order valence-corrected chi connectivity index (χ4v) is 1.11. The highest BCUT2D eigenvalue weighted by Crippen LogP contribution is 2.19. The standard InChI is InChI=1S/C11H13F2N/c12-11(13)10-6-3-5-9(8-10)4-1-2-7-14/h1,3-6,8,11H,2,7,14H2. The highest BCUT2D eigenvalue weighted by atomic mass is 19.3. The van der Waals surface area contributed by atoms with Crippen LogP contribution in [-0.2, 0) is 0 Å². The minimum atomic E-state index is -2.40. The van der Waals surface area contributed by atoms with Gasteiger partial charge in [-0.15, -0.1) is 0 Å². The third-order valence-corrected chi connectivity index (χ3v) is 1.81. The summed E-state index contributed by atoms with van der Waals surface area (Å²) in [7, 11) is 0. The number of hydrogen-bond acceptors (Lipinski definition) is 1. The van der Waals surface area contributed by atoms with Gasteiger partial charge in [-0.1, -0.05) is 30.4 Å². The van der Waals surface area contributed by atoms with E-state index in [0.717, 1.165) is 12.0 Å². The molecular formula is C11H13F2N. The summed E-state index contributed by atoms with van der Waals surface area (Å²) in [6, 6.07) is 6.32. The van der Waals surface area contributed by atoms with Crippen LogP contribution in [0.5, 0.6) is 0 Å². The van der Waals surface area contributed by atoms with Gasteiger partial charge in [0.2, 0.25) is 0 Å². The molecule has 0 bridgehead atoms. The maximum Gasteiger partial charge on any atom is 0.263 e. The quantitative estimate of drug-likeness (QED) is 0.788. The molecule has 2 N–H and O–H groups in total. The zero-order valence-electron chi connectivity index (χ0n) is 7.79. The van der Waals surface area contributed by atoms with Crippen LogP contribution in [0.15, 0.2) is 30.3 Å². The Morgan fingerprint density at radius 1 is 1.36 bits per heavy atom. The average molecular weight is 197 g/mol. The summed E-state index contributed by atoms with van der Waals surface area (Å²) in [5.41, 5.74) is 6.14. The molecule has 0 radical (unpaired) electrons. The number of halogens is 2. The van der Waals surface area contributed by atoms with Crippen molar-refractivity contribution < 1.29 is 8.78 Å². The largest absolute Gasteiger partial charge is 0.330 e. The normalized spacial score (nSPS) is 11.4. The second-order valence-electron chi connectivity index (χ2n) is 2.95. The second kappa shape index (κ2) is 5.50. The van der Waals surface area contributed by atoms with Gasteiger partial charge in [0.15, 0.2) is 0 Å². The Balaban J connectivity index is 2.73. The van der Waals surface area contributed by atoms with Crippen LogP contribution in [0.1, 0.15) is 24.0 Å². The van der Waals surface area contributed by atoms with E-state index in [4.69, 9.17) is 5.73 Å². The molecule has 0 saturated heterocycles. The third kappa shape index (κ3) is 3.26. The highest BCUT2D eigenvalue weighted by molar-refractivity contribution is 5.50. The lowest BCUT2D eigenvalue weighted by atomic mass is 10.1. The van der Waals surface area contributed by atoms with Gasteiger partial charge >= 0.3 is 0 Å². The van der Waals surface area contributed by atoms with E-state index < -0.39 is 6.43 Å². The van der Waals surface area contributed by atoms with Crippen molar-refractivity contribution in [2.75, 3.05) is 6.54 Å². The molecule has 1 aromatic carbocycles. The van der Waals surface area contributed by atoms with E-state index in [1.807, 2.05) is 6.08 Å². The Bertz CT molecular complexity index is 308. The van der Waals surface area contributed by atoms with E-state index in [2.05, 4.69) is 0 Å². The second-order valence-corrected chi connectivity index (χ2v) is 2.95. The molecule has 0 aliphatic carbocycles. The van der Waals surface area contributed by atoms with Crippen molar-refractivity contribution >= 4 is 6.08 Å². The van der Waals surface area contributed by atoms with Crippen LogP contribution in [0.25, 0.3) is 6.08 Å². The maximum atomic E-state index is 12.3. The Kier molecular flexibility index (Phi) is 4.26. The molecule has 14 heavy (non-hydrogen) atoms. The molecule has 0 spiro atoms. The molecule has 1 aromatic rings. The van der Waals surface area contributed by atoms with Crippen molar-refractivity contribution in [2.24, 2.45) is 5.73 Å². The molecule has 0 unspecified atom stereocenters. The smallest absolute Gasteiger partial charge is 0.263 e. The summed E-state index contributed by atoms with van der Waals surface area (Å²) in [6.07, 6.45) is 2.04. The van der Waals surface area contributed by atoms with Gasteiger partial charge in [0, 0.05) is 5.56 Å². The molecule has 0 amide bonds. The van der Waals surface area contributed by atoms with Crippen LogP contribution < -0.4 is 5.73 Å². The van der Waals surface area contributed by atoms with E-state index in [9.17, 15) is 8.78 Å². The highest BCUT2D eigenvalue weighted by Gasteiger charge is 2.05. The van der Waals surface area contributed by atoms with E-state index in [0.29, 0.717) is 6.54 Å². The fraction of sp³-hybridized carbons (Fsp3) is 0.273. The van der Waals surface area contributed by atoms with Gasteiger partial charge in [-0.05, 0) is 24.6 Å². The predicted molar refractivity (Wildman–Crippen MR) is 54.1 cm³/mol. The number of alkyl halides is 2. The molecule has 1 rings (SSSR count). The minimum absolute atomic E-state index is 0.0555. The molecule has 0 aliphatic rings. The molecular weight excluding hydrogens is 184 g/mol. The first kappa shape index (κ1) is 10.9. The molecule has 0 aliphatic heterocycles. The molecule has 0 atom stereocenters. The van der Waals surface area contributed by atoms with Gasteiger partial charge in [0.05, 0.1) is 0 Å². The maximum absolute atomic E-state index is 12.3. The van der Waals surface area contributed by atoms with Crippen molar-refractivity contribution in [3.63, 3.8) is 0 Å². The molecule has 76 valence electrons. The first-order valence-corrected chi connectivity index (χ1v) is 4.48. The number of benzene rings is 1. The fourth-order valence-electron chi connectivity index (χ4n) is 1.11. The van der Waals surface area contributed by atoms with Crippen molar-refractivity contribution in [3.8, 4) is 0 Å². The van der Waals surface area contributed by atoms with Crippen LogP contribution in [0.4, 0.5) is 8.78 Å². The lowest BCUT2D eigenvalue weighted by Gasteiger charge is -2.00. The van der Waals surface area contributed by atoms with E-state index in [-0.39, 0.29) is 5.56 Å². The molecule has 0 saturated carbocycles. The zero-order valence-corrected chi connectivity index (χ0v) is 7.79. The zero-order chi connectivity index (χ0) is 10.4. The Labute approximate surface area is 82.2 Å². The van der Waals surface area contributed by atoms with Crippen LogP contribution in [0.3, 0.4) is 0 Å². The average Bonchev–Trinajstić information content (AvgIpc) is 2.19. The van der Waals surface area contributed by atoms with Crippen molar-refractivity contribution in [1.82, 2.24) is 0 Å². The summed E-state index contributed by atoms with van der Waals surface area (Å²) in [4.78, 5) is 0. The summed E-state index contributed by atoms with van der Waals surface area (Å²) >= 11 is 0. The lowest BCUT2D eigenvalue weighted by molar-refractivity contribution is 0.151. The molecule has 1 nitrogen and oxygen atoms in total. The van der Waals surface area contributed by atoms with Crippen LogP contribution in [-0.4, -0.2) is 6.54 Å². The van der Waals surface area contributed by atoms with E-state index in [1.54, 1.807) is 18.2 Å². The third-order valence-electron chi connectivity index (χ3n) is 1.81. The van der Waals surface area contributed by atoms with Gasteiger partial charge < -0.3 is 5.73 Å². The van der Waals surface area contributed by atoms with Crippen molar-refractivity contribution in [1.29, 1.82) is 0 Å². The number of rotatable bonds is 4. The van der Waals surface area contributed by atoms with Crippen LogP contribution in [0, 0.1) is 0 Å². The van der Waals surface area contributed by atoms with E-state index in [1.165, 1.54) is 12.1 Å². The Morgan fingerprint density at radius 2 is 2.14 bits per heavy atom. The molecule has 0 aromatic heterocycles. The SMILES string of the molecule is NCCC=Cc1cccc(C(F)F)c1. The summed E-state index contributed by atoms with van der Waals surface area (Å²) in [5.74, 6) is 0. The van der Waals surface area contributed by atoms with Crippen molar-refractivity contribution in [3.05, 3.63) is 41.5 Å². The Morgan fingerprint density at radius 3 is 2.79 bits per heavy atom. The van der Waals surface area contributed by atoms with Gasteiger partial charge in [0.25, 0.3) is 6.43 Å². The summed E-state index contributed by atoms with van der Waals surface area (Å²) < 4.78 is 24.6. The summed E-state index contributed by atoms with van der Waals surface area (Å²) in [5, 5.41) is 0. The first-order valence-electron chi connectivity index (χ1n) is 4.48. The van der Waals surface area contributed by atoms with Gasteiger partial charge in [-0.25, -0.2) is 8.78 Å². The molecule has 0 fully saturated rings. The minimum Gasteiger partial charge on any atom is -0.330 e. The summed E-state index contributed by atoms with van der Waals surface area (Å²) in [6.45, 7) is 0.574. The first-order chi connectivity index (χ1) is 6.74. The number of hydrogen-bond donors (Lipinski definition) is 1. The van der Waals surface area contributed by atoms with Gasteiger partial charge in [0.1, 0.15) is 0 Å². The van der Waals surface area contributed by atoms with Crippen molar-refractivity contribution in [2.45, 2.75) is 12.8 Å². The predicted octanol–water partition coefficient (Wildman–Crippen LogP) is 2.99. The van der Waals surface area contributed by atoms with Gasteiger partial charge in [-0.2, -0.15) is 0 Å². The Hall–Kier alpha value is -1.22. The van der Waals surface area contributed by atoms with Crippen LogP contribution >= 0.6 is 0 Å². The topological polar surface area (TPSA) is 26.0 Å². The lowest BCUT2D eigenvalue weighted by Crippen LogP contribution is -1.95. The van der Waals surface area contributed by atoms with E-state index >= 15 is 0 Å².